The predicted octanol–water partition coefficient (Wildman–Crippen LogP) is 8.41. The molecule has 326 valence electrons. The SMILES string of the molecule is CO.CO.[O-2].[O-2].[W].c1ccc([PH+](CC[PH+](c2ccccc2)c2ccccc2)c2ccccc2)cc1.c1ccc([PH+](CC[PH+](c2ccccc2)c2ccccc2)c2ccccc2)cc1. The summed E-state index contributed by atoms with van der Waals surface area (Å²) in [7, 11) is -1.13. The first-order valence-corrected chi connectivity index (χ1v) is 27.4. The van der Waals surface area contributed by atoms with E-state index in [1.807, 2.05) is 0 Å². The van der Waals surface area contributed by atoms with E-state index in [0.29, 0.717) is 0 Å². The minimum atomic E-state index is -0.783. The third-order valence-electron chi connectivity index (χ3n) is 10.2. The molecule has 0 aliphatic heterocycles. The second-order valence-corrected chi connectivity index (χ2v) is 24.3. The average Bonchev–Trinajstić information content (AvgIpc) is 3.35. The normalized spacial score (nSPS) is 10.0. The summed E-state index contributed by atoms with van der Waals surface area (Å²) in [6.45, 7) is 0. The Labute approximate surface area is 395 Å². The molecule has 2 N–H and O–H groups in total. The molecule has 0 aliphatic carbocycles. The minimum absolute atomic E-state index is 0. The molecule has 0 radical (unpaired) electrons. The number of aliphatic hydroxyl groups is 2. The predicted molar refractivity (Wildman–Crippen MR) is 279 cm³/mol. The summed E-state index contributed by atoms with van der Waals surface area (Å²) in [4.78, 5) is 0. The van der Waals surface area contributed by atoms with Crippen LogP contribution in [0.15, 0.2) is 243 Å². The molecule has 0 unspecified atom stereocenters. The fraction of sp³-hybridized carbons (Fsp3) is 0.111. The maximum Gasteiger partial charge on any atom is 0.101 e. The van der Waals surface area contributed by atoms with Gasteiger partial charge >= 0.3 is 0 Å². The molecule has 0 aliphatic rings. The van der Waals surface area contributed by atoms with Crippen LogP contribution in [-0.2, 0) is 32.0 Å². The largest absolute Gasteiger partial charge is 2.00 e. The Balaban J connectivity index is 0.000000385. The van der Waals surface area contributed by atoms with Crippen molar-refractivity contribution in [2.75, 3.05) is 38.9 Å². The Bertz CT molecular complexity index is 1780. The Kier molecular flexibility index (Phi) is 28.6. The number of hydrogen-bond donors (Lipinski definition) is 2. The molecule has 0 aromatic heterocycles. The maximum atomic E-state index is 7.00. The zero-order valence-corrected chi connectivity index (χ0v) is 43.0. The van der Waals surface area contributed by atoms with Crippen LogP contribution in [0.2, 0.25) is 0 Å². The summed E-state index contributed by atoms with van der Waals surface area (Å²) in [5.74, 6) is 0. The van der Waals surface area contributed by atoms with Gasteiger partial charge in [0.2, 0.25) is 0 Å². The zero-order valence-electron chi connectivity index (χ0n) is 36.0. The molecule has 0 atom stereocenters. The van der Waals surface area contributed by atoms with E-state index in [4.69, 9.17) is 10.2 Å². The van der Waals surface area contributed by atoms with Crippen LogP contribution in [0.5, 0.6) is 0 Å². The Morgan fingerprint density at radius 2 is 0.317 bits per heavy atom. The molecule has 9 heteroatoms. The molecule has 0 heterocycles. The van der Waals surface area contributed by atoms with Crippen molar-refractivity contribution in [1.29, 1.82) is 0 Å². The maximum absolute atomic E-state index is 7.00. The second kappa shape index (κ2) is 32.6. The van der Waals surface area contributed by atoms with Gasteiger partial charge in [-0.25, -0.2) is 0 Å². The van der Waals surface area contributed by atoms with Crippen LogP contribution in [0.4, 0.5) is 0 Å². The first-order chi connectivity index (χ1) is 29.8. The van der Waals surface area contributed by atoms with Gasteiger partial charge in [-0.05, 0) is 97.1 Å². The van der Waals surface area contributed by atoms with Crippen LogP contribution >= 0.6 is 31.7 Å². The van der Waals surface area contributed by atoms with E-state index in [9.17, 15) is 0 Å². The van der Waals surface area contributed by atoms with E-state index in [0.717, 1.165) is 14.2 Å². The first-order valence-electron chi connectivity index (χ1n) is 20.6. The Morgan fingerprint density at radius 3 is 0.413 bits per heavy atom. The minimum Gasteiger partial charge on any atom is -2.00 e. The molecular formula is C54H60O4P4W. The van der Waals surface area contributed by atoms with Gasteiger partial charge in [0.1, 0.15) is 24.6 Å². The van der Waals surface area contributed by atoms with Gasteiger partial charge in [0, 0.05) is 35.3 Å². The molecule has 8 rings (SSSR count). The fourth-order valence-corrected chi connectivity index (χ4v) is 19.8. The van der Waals surface area contributed by atoms with Gasteiger partial charge in [0.25, 0.3) is 0 Å². The first kappa shape index (κ1) is 55.1. The van der Waals surface area contributed by atoms with Gasteiger partial charge in [0.05, 0.1) is 74.1 Å². The molecule has 8 aromatic rings. The van der Waals surface area contributed by atoms with Gasteiger partial charge in [-0.1, -0.05) is 146 Å². The average molecular weight is 1080 g/mol. The van der Waals surface area contributed by atoms with E-state index in [1.165, 1.54) is 67.1 Å². The van der Waals surface area contributed by atoms with Crippen molar-refractivity contribution >= 4 is 74.1 Å². The smallest absolute Gasteiger partial charge is 0.101 e. The summed E-state index contributed by atoms with van der Waals surface area (Å²) in [6, 6.07) is 89.0. The number of rotatable bonds is 14. The number of hydrogen-bond acceptors (Lipinski definition) is 2. The standard InChI is InChI=1S/2C26H24P2.2CH4O.2O.W/c2*1-5-13-23(14-6-1)27(24-15-7-2-8-16-24)21-22-28(25-17-9-3-10-18-25)26-19-11-4-12-20-26;2*1-2;;;/h2*1-20H,21-22H2;2*2H,1H3;;;/q;;;;2*-2;/p+4. The van der Waals surface area contributed by atoms with Crippen molar-refractivity contribution in [3.05, 3.63) is 243 Å². The van der Waals surface area contributed by atoms with Crippen LogP contribution < -0.4 is 42.4 Å². The van der Waals surface area contributed by atoms with Gasteiger partial charge in [-0.2, -0.15) is 0 Å². The fourth-order valence-electron chi connectivity index (χ4n) is 7.44. The molecule has 0 amide bonds. The molecule has 0 saturated carbocycles. The van der Waals surface area contributed by atoms with Crippen molar-refractivity contribution in [3.8, 4) is 0 Å². The summed E-state index contributed by atoms with van der Waals surface area (Å²) < 4.78 is 0. The van der Waals surface area contributed by atoms with Crippen LogP contribution in [-0.4, -0.2) is 49.1 Å². The third kappa shape index (κ3) is 17.5. The van der Waals surface area contributed by atoms with E-state index in [1.54, 1.807) is 0 Å². The van der Waals surface area contributed by atoms with Crippen molar-refractivity contribution in [2.45, 2.75) is 0 Å². The van der Waals surface area contributed by atoms with Crippen molar-refractivity contribution < 1.29 is 42.2 Å². The van der Waals surface area contributed by atoms with Crippen molar-refractivity contribution in [1.82, 2.24) is 0 Å². The number of aliphatic hydroxyl groups excluding tert-OH is 2. The monoisotopic (exact) mass is 1080 g/mol. The van der Waals surface area contributed by atoms with Crippen molar-refractivity contribution in [2.24, 2.45) is 0 Å². The van der Waals surface area contributed by atoms with E-state index in [2.05, 4.69) is 243 Å². The van der Waals surface area contributed by atoms with E-state index >= 15 is 0 Å². The molecule has 0 saturated heterocycles. The van der Waals surface area contributed by atoms with Crippen LogP contribution in [0, 0.1) is 0 Å². The topological polar surface area (TPSA) is 97.5 Å². The molecule has 4 nitrogen and oxygen atoms in total. The van der Waals surface area contributed by atoms with Gasteiger partial charge in [-0.3, -0.25) is 0 Å². The molecule has 0 spiro atoms. The summed E-state index contributed by atoms with van der Waals surface area (Å²) >= 11 is 0. The Morgan fingerprint density at radius 1 is 0.222 bits per heavy atom. The quantitative estimate of drug-likeness (QED) is 0.107. The molecule has 63 heavy (non-hydrogen) atoms. The van der Waals surface area contributed by atoms with Crippen LogP contribution in [0.25, 0.3) is 0 Å². The zero-order chi connectivity index (χ0) is 42.0. The summed E-state index contributed by atoms with van der Waals surface area (Å²) in [5.41, 5.74) is 0. The van der Waals surface area contributed by atoms with Gasteiger partial charge in [-0.15, -0.1) is 0 Å². The van der Waals surface area contributed by atoms with Crippen LogP contribution in [0.1, 0.15) is 0 Å². The third-order valence-corrected chi connectivity index (χ3v) is 22.5. The number of benzene rings is 8. The molecular weight excluding hydrogens is 1020 g/mol. The molecule has 0 bridgehead atoms. The molecule has 8 aromatic carbocycles. The summed E-state index contributed by atoms with van der Waals surface area (Å²) in [5, 5.41) is 26.1. The van der Waals surface area contributed by atoms with Crippen LogP contribution in [0.3, 0.4) is 0 Å². The van der Waals surface area contributed by atoms with Gasteiger partial charge < -0.3 is 21.2 Å². The Hall–Kier alpha value is -3.99. The van der Waals surface area contributed by atoms with Crippen molar-refractivity contribution in [3.63, 3.8) is 0 Å². The second-order valence-electron chi connectivity index (χ2n) is 13.8. The molecule has 0 fully saturated rings. The van der Waals surface area contributed by atoms with E-state index in [-0.39, 0.29) is 32.0 Å². The summed E-state index contributed by atoms with van der Waals surface area (Å²) in [6.07, 6.45) is 5.04. The van der Waals surface area contributed by atoms with Gasteiger partial charge in [0.15, 0.2) is 0 Å². The van der Waals surface area contributed by atoms with E-state index < -0.39 is 31.7 Å².